The molecule has 5 heteroatoms. The molecule has 0 radical (unpaired) electrons. The van der Waals surface area contributed by atoms with Crippen LogP contribution in [0.25, 0.3) is 11.0 Å². The summed E-state index contributed by atoms with van der Waals surface area (Å²) in [6.45, 7) is 4.54. The van der Waals surface area contributed by atoms with E-state index < -0.39 is 0 Å². The summed E-state index contributed by atoms with van der Waals surface area (Å²) < 4.78 is 2.73. The third kappa shape index (κ3) is 2.38. The zero-order chi connectivity index (χ0) is 14.1. The Bertz CT molecular complexity index is 695. The highest BCUT2D eigenvalue weighted by atomic mass is 32.1. The monoisotopic (exact) mass is 289 g/mol. The lowest BCUT2D eigenvalue weighted by molar-refractivity contribution is -0.130. The molecule has 20 heavy (non-hydrogen) atoms. The smallest absolute Gasteiger partial charge is 0.224 e. The SMILES string of the molecule is Cc1cccc2c1[nH]c(=S)n2CCC(=O)N1CCCC1. The molecular formula is C15H19N3OS. The van der Waals surface area contributed by atoms with Crippen LogP contribution in [0.5, 0.6) is 0 Å². The predicted molar refractivity (Wildman–Crippen MR) is 82.3 cm³/mol. The Morgan fingerprint density at radius 1 is 1.35 bits per heavy atom. The summed E-state index contributed by atoms with van der Waals surface area (Å²) in [7, 11) is 0. The second-order valence-corrected chi connectivity index (χ2v) is 5.78. The molecule has 1 N–H and O–H groups in total. The highest BCUT2D eigenvalue weighted by Crippen LogP contribution is 2.18. The van der Waals surface area contributed by atoms with Crippen LogP contribution >= 0.6 is 12.2 Å². The number of carbonyl (C=O) groups excluding carboxylic acids is 1. The molecule has 0 saturated carbocycles. The van der Waals surface area contributed by atoms with Crippen molar-refractivity contribution in [1.82, 2.24) is 14.5 Å². The molecule has 3 rings (SSSR count). The minimum Gasteiger partial charge on any atom is -0.343 e. The van der Waals surface area contributed by atoms with E-state index in [4.69, 9.17) is 12.2 Å². The zero-order valence-electron chi connectivity index (χ0n) is 11.7. The van der Waals surface area contributed by atoms with Gasteiger partial charge < -0.3 is 14.5 Å². The van der Waals surface area contributed by atoms with Crippen LogP contribution in [0.3, 0.4) is 0 Å². The minimum absolute atomic E-state index is 0.242. The molecule has 0 spiro atoms. The van der Waals surface area contributed by atoms with Crippen molar-refractivity contribution in [3.8, 4) is 0 Å². The van der Waals surface area contributed by atoms with Gasteiger partial charge in [-0.05, 0) is 43.6 Å². The van der Waals surface area contributed by atoms with Crippen LogP contribution in [-0.4, -0.2) is 33.4 Å². The quantitative estimate of drug-likeness (QED) is 0.882. The van der Waals surface area contributed by atoms with Crippen LogP contribution in [0, 0.1) is 11.7 Å². The lowest BCUT2D eigenvalue weighted by Crippen LogP contribution is -2.28. The van der Waals surface area contributed by atoms with Crippen molar-refractivity contribution >= 4 is 29.2 Å². The highest BCUT2D eigenvalue weighted by Gasteiger charge is 2.18. The number of aromatic amines is 1. The number of para-hydroxylation sites is 1. The molecule has 1 saturated heterocycles. The number of aryl methyl sites for hydroxylation is 2. The fourth-order valence-electron chi connectivity index (χ4n) is 2.88. The van der Waals surface area contributed by atoms with E-state index in [0.717, 1.165) is 37.0 Å². The molecule has 1 aromatic heterocycles. The van der Waals surface area contributed by atoms with E-state index in [0.29, 0.717) is 17.7 Å². The van der Waals surface area contributed by atoms with Gasteiger partial charge in [0, 0.05) is 26.1 Å². The first-order valence-corrected chi connectivity index (χ1v) is 7.53. The summed E-state index contributed by atoms with van der Waals surface area (Å²) in [5.74, 6) is 0.242. The average molecular weight is 289 g/mol. The van der Waals surface area contributed by atoms with E-state index >= 15 is 0 Å². The lowest BCUT2D eigenvalue weighted by atomic mass is 10.2. The van der Waals surface area contributed by atoms with E-state index in [1.807, 2.05) is 15.5 Å². The van der Waals surface area contributed by atoms with Gasteiger partial charge in [0.15, 0.2) is 4.77 Å². The molecule has 0 bridgehead atoms. The number of amides is 1. The predicted octanol–water partition coefficient (Wildman–Crippen LogP) is 3.02. The number of hydrogen-bond acceptors (Lipinski definition) is 2. The Balaban J connectivity index is 1.80. The van der Waals surface area contributed by atoms with E-state index in [-0.39, 0.29) is 5.91 Å². The molecule has 1 aliphatic rings. The van der Waals surface area contributed by atoms with Gasteiger partial charge in [-0.25, -0.2) is 0 Å². The fourth-order valence-corrected chi connectivity index (χ4v) is 3.17. The van der Waals surface area contributed by atoms with E-state index in [9.17, 15) is 4.79 Å². The van der Waals surface area contributed by atoms with Crippen molar-refractivity contribution in [2.75, 3.05) is 13.1 Å². The van der Waals surface area contributed by atoms with Gasteiger partial charge in [0.1, 0.15) is 0 Å². The highest BCUT2D eigenvalue weighted by molar-refractivity contribution is 7.71. The second kappa shape index (κ2) is 5.40. The largest absolute Gasteiger partial charge is 0.343 e. The van der Waals surface area contributed by atoms with Gasteiger partial charge in [-0.2, -0.15) is 0 Å². The van der Waals surface area contributed by atoms with Crippen LogP contribution < -0.4 is 0 Å². The average Bonchev–Trinajstić information content (AvgIpc) is 3.05. The number of benzene rings is 1. The Labute approximate surface area is 123 Å². The van der Waals surface area contributed by atoms with Gasteiger partial charge in [-0.1, -0.05) is 12.1 Å². The van der Waals surface area contributed by atoms with Crippen molar-refractivity contribution in [3.63, 3.8) is 0 Å². The number of imidazole rings is 1. The van der Waals surface area contributed by atoms with Crippen molar-refractivity contribution < 1.29 is 4.79 Å². The fraction of sp³-hybridized carbons (Fsp3) is 0.467. The third-order valence-electron chi connectivity index (χ3n) is 4.03. The number of aromatic nitrogens is 2. The van der Waals surface area contributed by atoms with Crippen molar-refractivity contribution in [2.45, 2.75) is 32.7 Å². The number of hydrogen-bond donors (Lipinski definition) is 1. The number of likely N-dealkylation sites (tertiary alicyclic amines) is 1. The standard InChI is InChI=1S/C15H19N3OS/c1-11-5-4-6-12-14(11)16-15(20)18(12)10-7-13(19)17-8-2-3-9-17/h4-6H,2-3,7-10H2,1H3,(H,16,20). The van der Waals surface area contributed by atoms with Crippen molar-refractivity contribution in [1.29, 1.82) is 0 Å². The summed E-state index contributed by atoms with van der Waals surface area (Å²) in [6, 6.07) is 6.14. The Morgan fingerprint density at radius 2 is 2.10 bits per heavy atom. The van der Waals surface area contributed by atoms with Gasteiger partial charge in [-0.15, -0.1) is 0 Å². The third-order valence-corrected chi connectivity index (χ3v) is 4.35. The second-order valence-electron chi connectivity index (χ2n) is 5.39. The van der Waals surface area contributed by atoms with Crippen LogP contribution in [0.15, 0.2) is 18.2 Å². The number of nitrogens with one attached hydrogen (secondary N) is 1. The molecule has 1 aromatic carbocycles. The summed E-state index contributed by atoms with van der Waals surface area (Å²) in [5.41, 5.74) is 3.34. The Morgan fingerprint density at radius 3 is 2.85 bits per heavy atom. The topological polar surface area (TPSA) is 41.0 Å². The minimum atomic E-state index is 0.242. The van der Waals surface area contributed by atoms with Crippen LogP contribution in [0.4, 0.5) is 0 Å². The van der Waals surface area contributed by atoms with Crippen molar-refractivity contribution in [3.05, 3.63) is 28.5 Å². The number of nitrogens with zero attached hydrogens (tertiary/aromatic N) is 2. The van der Waals surface area contributed by atoms with Gasteiger partial charge in [0.2, 0.25) is 5.91 Å². The molecular weight excluding hydrogens is 270 g/mol. The molecule has 4 nitrogen and oxygen atoms in total. The molecule has 2 aromatic rings. The van der Waals surface area contributed by atoms with E-state index in [1.165, 1.54) is 5.56 Å². The maximum Gasteiger partial charge on any atom is 0.224 e. The lowest BCUT2D eigenvalue weighted by Gasteiger charge is -2.15. The molecule has 0 atom stereocenters. The van der Waals surface area contributed by atoms with Gasteiger partial charge >= 0.3 is 0 Å². The summed E-state index contributed by atoms with van der Waals surface area (Å²) in [4.78, 5) is 17.3. The molecule has 106 valence electrons. The van der Waals surface area contributed by atoms with Gasteiger partial charge in [-0.3, -0.25) is 4.79 Å². The molecule has 1 aliphatic heterocycles. The normalized spacial score (nSPS) is 15.2. The first-order chi connectivity index (χ1) is 9.66. The number of fused-ring (bicyclic) bond motifs is 1. The first kappa shape index (κ1) is 13.4. The molecule has 0 aliphatic carbocycles. The molecule has 1 amide bonds. The number of rotatable bonds is 3. The van der Waals surface area contributed by atoms with Crippen LogP contribution in [0.1, 0.15) is 24.8 Å². The molecule has 2 heterocycles. The van der Waals surface area contributed by atoms with Gasteiger partial charge in [0.25, 0.3) is 0 Å². The Kier molecular flexibility index (Phi) is 3.61. The summed E-state index contributed by atoms with van der Waals surface area (Å²) >= 11 is 5.38. The number of H-pyrrole nitrogens is 1. The van der Waals surface area contributed by atoms with Gasteiger partial charge in [0.05, 0.1) is 11.0 Å². The van der Waals surface area contributed by atoms with Crippen LogP contribution in [-0.2, 0) is 11.3 Å². The maximum atomic E-state index is 12.1. The molecule has 1 fully saturated rings. The summed E-state index contributed by atoms with van der Waals surface area (Å²) in [5, 5.41) is 0. The number of carbonyl (C=O) groups is 1. The zero-order valence-corrected chi connectivity index (χ0v) is 12.5. The van der Waals surface area contributed by atoms with Crippen LogP contribution in [0.2, 0.25) is 0 Å². The van der Waals surface area contributed by atoms with E-state index in [2.05, 4.69) is 24.0 Å². The maximum absolute atomic E-state index is 12.1. The Hall–Kier alpha value is -1.62. The van der Waals surface area contributed by atoms with Crippen molar-refractivity contribution in [2.24, 2.45) is 0 Å². The first-order valence-electron chi connectivity index (χ1n) is 7.13. The van der Waals surface area contributed by atoms with E-state index in [1.54, 1.807) is 0 Å². The molecule has 0 unspecified atom stereocenters. The summed E-state index contributed by atoms with van der Waals surface area (Å²) in [6.07, 6.45) is 2.80.